The molecule has 0 fully saturated rings. The highest BCUT2D eigenvalue weighted by Gasteiger charge is 2.04. The van der Waals surface area contributed by atoms with E-state index in [2.05, 4.69) is 25.1 Å². The number of imidazole rings is 1. The number of rotatable bonds is 0. The molecule has 0 spiro atoms. The molecule has 0 aliphatic rings. The van der Waals surface area contributed by atoms with Crippen molar-refractivity contribution in [3.05, 3.63) is 23.0 Å². The molecule has 0 aromatic carbocycles. The number of hydrogen-bond donors (Lipinski definition) is 2. The van der Waals surface area contributed by atoms with Gasteiger partial charge in [0.1, 0.15) is 17.5 Å². The monoisotopic (exact) mass is 176 g/mol. The molecule has 3 heterocycles. The minimum Gasteiger partial charge on any atom is -0.303 e. The molecule has 64 valence electrons. The molecule has 7 heteroatoms. The third-order valence-electron chi connectivity index (χ3n) is 1.82. The molecule has 0 atom stereocenters. The highest BCUT2D eigenvalue weighted by atomic mass is 16.1. The van der Waals surface area contributed by atoms with E-state index in [-0.39, 0.29) is 5.69 Å². The van der Waals surface area contributed by atoms with Crippen LogP contribution in [0.4, 0.5) is 0 Å². The minimum atomic E-state index is -0.266. The predicted octanol–water partition coefficient (Wildman–Crippen LogP) is -0.706. The molecule has 3 rings (SSSR count). The van der Waals surface area contributed by atoms with Crippen LogP contribution in [0.5, 0.6) is 0 Å². The van der Waals surface area contributed by atoms with E-state index in [0.717, 1.165) is 0 Å². The van der Waals surface area contributed by atoms with E-state index in [0.29, 0.717) is 16.9 Å². The number of aromatic nitrogens is 6. The van der Waals surface area contributed by atoms with Crippen LogP contribution in [0, 0.1) is 0 Å². The largest absolute Gasteiger partial charge is 0.325 e. The van der Waals surface area contributed by atoms with Crippen LogP contribution in [0.2, 0.25) is 0 Å². The topological polar surface area (TPSA) is 91.7 Å². The second kappa shape index (κ2) is 1.94. The van der Waals surface area contributed by atoms with Gasteiger partial charge in [0, 0.05) is 0 Å². The Balaban J connectivity index is 2.71. The molecule has 0 unspecified atom stereocenters. The molecule has 3 aromatic rings. The predicted molar refractivity (Wildman–Crippen MR) is 43.3 cm³/mol. The minimum absolute atomic E-state index is 0.266. The molecule has 0 bridgehead atoms. The normalized spacial score (nSPS) is 11.4. The van der Waals surface area contributed by atoms with Gasteiger partial charge in [0.2, 0.25) is 0 Å². The maximum absolute atomic E-state index is 11.0. The van der Waals surface area contributed by atoms with E-state index in [9.17, 15) is 4.79 Å². The molecule has 3 aromatic heterocycles. The Labute approximate surface area is 70.4 Å². The van der Waals surface area contributed by atoms with Crippen molar-refractivity contribution >= 4 is 16.9 Å². The van der Waals surface area contributed by atoms with Crippen molar-refractivity contribution in [3.63, 3.8) is 0 Å². The van der Waals surface area contributed by atoms with Gasteiger partial charge in [-0.15, -0.1) is 10.2 Å². The molecular formula is C6H4N6O. The van der Waals surface area contributed by atoms with Crippen LogP contribution >= 0.6 is 0 Å². The fourth-order valence-corrected chi connectivity index (χ4v) is 1.27. The number of nitrogens with one attached hydrogen (secondary N) is 2. The van der Waals surface area contributed by atoms with Crippen molar-refractivity contribution in [2.45, 2.75) is 0 Å². The number of aromatic amines is 2. The van der Waals surface area contributed by atoms with Gasteiger partial charge < -0.3 is 4.98 Å². The van der Waals surface area contributed by atoms with Crippen LogP contribution in [0.1, 0.15) is 0 Å². The van der Waals surface area contributed by atoms with Gasteiger partial charge in [0.05, 0.1) is 6.20 Å². The maximum atomic E-state index is 11.0. The standard InChI is InChI=1S/C6H4N6O/c13-6-9-3-1-7-5-11-8-2-12(5)4(3)10-6/h1-2H,(H2,9,10,13). The lowest BCUT2D eigenvalue weighted by Crippen LogP contribution is -1.99. The Morgan fingerprint density at radius 3 is 3.23 bits per heavy atom. The lowest BCUT2D eigenvalue weighted by atomic mass is 10.5. The number of fused-ring (bicyclic) bond motifs is 3. The van der Waals surface area contributed by atoms with Crippen molar-refractivity contribution < 1.29 is 0 Å². The van der Waals surface area contributed by atoms with Gasteiger partial charge in [-0.3, -0.25) is 4.98 Å². The summed E-state index contributed by atoms with van der Waals surface area (Å²) in [6, 6.07) is 0. The average molecular weight is 176 g/mol. The van der Waals surface area contributed by atoms with Gasteiger partial charge in [-0.1, -0.05) is 0 Å². The summed E-state index contributed by atoms with van der Waals surface area (Å²) < 4.78 is 1.60. The van der Waals surface area contributed by atoms with Gasteiger partial charge in [0.15, 0.2) is 0 Å². The molecule has 0 aliphatic carbocycles. The Morgan fingerprint density at radius 1 is 1.38 bits per heavy atom. The first-order chi connectivity index (χ1) is 6.34. The molecule has 0 saturated carbocycles. The van der Waals surface area contributed by atoms with Gasteiger partial charge >= 0.3 is 5.69 Å². The summed E-state index contributed by atoms with van der Waals surface area (Å²) in [5.74, 6) is 0.461. The van der Waals surface area contributed by atoms with Gasteiger partial charge in [-0.25, -0.2) is 14.2 Å². The zero-order valence-corrected chi connectivity index (χ0v) is 6.35. The first-order valence-corrected chi connectivity index (χ1v) is 3.61. The quantitative estimate of drug-likeness (QED) is 0.473. The summed E-state index contributed by atoms with van der Waals surface area (Å²) in [4.78, 5) is 20.2. The summed E-state index contributed by atoms with van der Waals surface area (Å²) >= 11 is 0. The van der Waals surface area contributed by atoms with Crippen LogP contribution in [0.25, 0.3) is 16.9 Å². The summed E-state index contributed by atoms with van der Waals surface area (Å²) in [5.41, 5.74) is 0.996. The van der Waals surface area contributed by atoms with Crippen LogP contribution in [0.15, 0.2) is 17.3 Å². The maximum Gasteiger partial charge on any atom is 0.325 e. The molecule has 0 radical (unpaired) electrons. The molecule has 13 heavy (non-hydrogen) atoms. The van der Waals surface area contributed by atoms with E-state index in [1.54, 1.807) is 4.40 Å². The van der Waals surface area contributed by atoms with Gasteiger partial charge in [0.25, 0.3) is 5.78 Å². The zero-order valence-electron chi connectivity index (χ0n) is 6.35. The summed E-state index contributed by atoms with van der Waals surface area (Å²) in [6.07, 6.45) is 3.03. The molecule has 2 N–H and O–H groups in total. The lowest BCUT2D eigenvalue weighted by Gasteiger charge is -1.90. The van der Waals surface area contributed by atoms with Crippen LogP contribution in [-0.4, -0.2) is 29.5 Å². The molecule has 7 nitrogen and oxygen atoms in total. The van der Waals surface area contributed by atoms with E-state index in [1.807, 2.05) is 0 Å². The van der Waals surface area contributed by atoms with Crippen molar-refractivity contribution in [1.82, 2.24) is 29.5 Å². The first kappa shape index (κ1) is 6.35. The van der Waals surface area contributed by atoms with Gasteiger partial charge in [-0.2, -0.15) is 0 Å². The lowest BCUT2D eigenvalue weighted by molar-refractivity contribution is 1.10. The molecule has 0 amide bonds. The van der Waals surface area contributed by atoms with Crippen LogP contribution in [-0.2, 0) is 0 Å². The van der Waals surface area contributed by atoms with Crippen LogP contribution in [0.3, 0.4) is 0 Å². The summed E-state index contributed by atoms with van der Waals surface area (Å²) in [5, 5.41) is 7.42. The third kappa shape index (κ3) is 0.723. The van der Waals surface area contributed by atoms with Crippen LogP contribution < -0.4 is 5.69 Å². The Hall–Kier alpha value is -2.18. The van der Waals surface area contributed by atoms with E-state index in [1.165, 1.54) is 12.5 Å². The smallest absolute Gasteiger partial charge is 0.303 e. The first-order valence-electron chi connectivity index (χ1n) is 3.61. The van der Waals surface area contributed by atoms with Gasteiger partial charge in [-0.05, 0) is 0 Å². The third-order valence-corrected chi connectivity index (χ3v) is 1.82. The summed E-state index contributed by atoms with van der Waals surface area (Å²) in [6.45, 7) is 0. The Bertz CT molecular complexity index is 631. The van der Waals surface area contributed by atoms with E-state index < -0.39 is 0 Å². The van der Waals surface area contributed by atoms with E-state index in [4.69, 9.17) is 0 Å². The SMILES string of the molecule is O=c1[nH]c2cnc3nncn3c2[nH]1. The second-order valence-corrected chi connectivity index (χ2v) is 2.60. The average Bonchev–Trinajstić information content (AvgIpc) is 2.65. The summed E-state index contributed by atoms with van der Waals surface area (Å²) in [7, 11) is 0. The molecule has 0 aliphatic heterocycles. The highest BCUT2D eigenvalue weighted by molar-refractivity contribution is 5.71. The Kier molecular flexibility index (Phi) is 0.950. The number of H-pyrrole nitrogens is 2. The fraction of sp³-hybridized carbons (Fsp3) is 0. The Morgan fingerprint density at radius 2 is 2.31 bits per heavy atom. The van der Waals surface area contributed by atoms with Crippen molar-refractivity contribution in [3.8, 4) is 0 Å². The zero-order chi connectivity index (χ0) is 8.84. The fourth-order valence-electron chi connectivity index (χ4n) is 1.27. The molecule has 0 saturated heterocycles. The second-order valence-electron chi connectivity index (χ2n) is 2.60. The van der Waals surface area contributed by atoms with Crippen molar-refractivity contribution in [2.24, 2.45) is 0 Å². The van der Waals surface area contributed by atoms with Crippen molar-refractivity contribution in [1.29, 1.82) is 0 Å². The van der Waals surface area contributed by atoms with Crippen molar-refractivity contribution in [2.75, 3.05) is 0 Å². The number of hydrogen-bond acceptors (Lipinski definition) is 4. The van der Waals surface area contributed by atoms with E-state index >= 15 is 0 Å². The highest BCUT2D eigenvalue weighted by Crippen LogP contribution is 2.05. The number of nitrogens with zero attached hydrogens (tertiary/aromatic N) is 4. The molecular weight excluding hydrogens is 172 g/mol.